The average molecular weight is 256 g/mol. The van der Waals surface area contributed by atoms with Gasteiger partial charge in [-0.1, -0.05) is 0 Å². The smallest absolute Gasteiger partial charge is 0.338 e. The lowest BCUT2D eigenvalue weighted by atomic mass is 10.1. The van der Waals surface area contributed by atoms with Gasteiger partial charge in [0, 0.05) is 0 Å². The zero-order chi connectivity index (χ0) is 12.5. The molecule has 0 amide bonds. The molecule has 2 atom stereocenters. The summed E-state index contributed by atoms with van der Waals surface area (Å²) in [6.45, 7) is 5.71. The normalized spacial score (nSPS) is 27.0. The first kappa shape index (κ1) is 12.5. The highest BCUT2D eigenvalue weighted by Crippen LogP contribution is 2.39. The predicted molar refractivity (Wildman–Crippen MR) is 63.7 cm³/mol. The molecule has 0 saturated carbocycles. The second-order valence-corrected chi connectivity index (χ2v) is 5.07. The molecular weight excluding hydrogens is 240 g/mol. The van der Waals surface area contributed by atoms with E-state index in [0.717, 1.165) is 5.56 Å². The van der Waals surface area contributed by atoms with Crippen molar-refractivity contribution < 1.29 is 19.0 Å². The molecule has 2 heterocycles. The van der Waals surface area contributed by atoms with E-state index in [0.29, 0.717) is 6.61 Å². The van der Waals surface area contributed by atoms with Crippen LogP contribution in [0.2, 0.25) is 0 Å². The highest BCUT2D eigenvalue weighted by molar-refractivity contribution is 7.07. The van der Waals surface area contributed by atoms with Crippen LogP contribution in [0.5, 0.6) is 0 Å². The minimum Gasteiger partial charge on any atom is -0.464 e. The van der Waals surface area contributed by atoms with Gasteiger partial charge < -0.3 is 14.2 Å². The molecule has 0 radical (unpaired) electrons. The van der Waals surface area contributed by atoms with Crippen LogP contribution in [0.1, 0.15) is 32.4 Å². The second-order valence-electron chi connectivity index (χ2n) is 4.29. The SMILES string of the molecule is CCOC(=O)[C@@H]1OC(C)(C)O[C@H]1c1ccsc1. The minimum atomic E-state index is -0.760. The Kier molecular flexibility index (Phi) is 3.51. The first-order valence-corrected chi connectivity index (χ1v) is 6.52. The molecule has 0 bridgehead atoms. The Hall–Kier alpha value is -0.910. The minimum absolute atomic E-state index is 0.343. The van der Waals surface area contributed by atoms with Crippen molar-refractivity contribution in [2.24, 2.45) is 0 Å². The van der Waals surface area contributed by atoms with Gasteiger partial charge in [0.25, 0.3) is 0 Å². The van der Waals surface area contributed by atoms with Crippen LogP contribution in [0.25, 0.3) is 0 Å². The number of carbonyl (C=O) groups is 1. The quantitative estimate of drug-likeness (QED) is 0.779. The van der Waals surface area contributed by atoms with Crippen LogP contribution < -0.4 is 0 Å². The highest BCUT2D eigenvalue weighted by Gasteiger charge is 2.46. The van der Waals surface area contributed by atoms with Gasteiger partial charge in [0.15, 0.2) is 11.9 Å². The summed E-state index contributed by atoms with van der Waals surface area (Å²) in [6.07, 6.45) is -1.06. The zero-order valence-corrected chi connectivity index (χ0v) is 11.0. The molecule has 1 aliphatic rings. The van der Waals surface area contributed by atoms with E-state index in [1.165, 1.54) is 0 Å². The van der Waals surface area contributed by atoms with Gasteiger partial charge in [-0.15, -0.1) is 0 Å². The number of rotatable bonds is 3. The molecule has 0 N–H and O–H groups in total. The molecule has 5 heteroatoms. The largest absolute Gasteiger partial charge is 0.464 e. The van der Waals surface area contributed by atoms with E-state index in [-0.39, 0.29) is 12.1 Å². The third-order valence-electron chi connectivity index (χ3n) is 2.49. The molecule has 17 heavy (non-hydrogen) atoms. The number of hydrogen-bond acceptors (Lipinski definition) is 5. The molecule has 1 aliphatic heterocycles. The van der Waals surface area contributed by atoms with Gasteiger partial charge in [-0.25, -0.2) is 4.79 Å². The van der Waals surface area contributed by atoms with E-state index >= 15 is 0 Å². The number of esters is 1. The summed E-state index contributed by atoms with van der Waals surface area (Å²) < 4.78 is 16.4. The summed E-state index contributed by atoms with van der Waals surface area (Å²) in [5.41, 5.74) is 0.957. The Labute approximate surface area is 104 Å². The zero-order valence-electron chi connectivity index (χ0n) is 10.1. The van der Waals surface area contributed by atoms with E-state index in [2.05, 4.69) is 0 Å². The Morgan fingerprint density at radius 2 is 2.29 bits per heavy atom. The maximum Gasteiger partial charge on any atom is 0.338 e. The first-order valence-electron chi connectivity index (χ1n) is 5.58. The summed E-state index contributed by atoms with van der Waals surface area (Å²) in [4.78, 5) is 11.8. The van der Waals surface area contributed by atoms with Crippen molar-refractivity contribution in [3.05, 3.63) is 22.4 Å². The molecule has 4 nitrogen and oxygen atoms in total. The lowest BCUT2D eigenvalue weighted by molar-refractivity contribution is -0.170. The van der Waals surface area contributed by atoms with Gasteiger partial charge >= 0.3 is 5.97 Å². The van der Waals surface area contributed by atoms with Crippen molar-refractivity contribution in [3.8, 4) is 0 Å². The van der Waals surface area contributed by atoms with Crippen LogP contribution in [0.15, 0.2) is 16.8 Å². The van der Waals surface area contributed by atoms with Crippen LogP contribution in [0.3, 0.4) is 0 Å². The van der Waals surface area contributed by atoms with E-state index in [4.69, 9.17) is 14.2 Å². The molecule has 1 aromatic heterocycles. The number of carbonyl (C=O) groups excluding carboxylic acids is 1. The predicted octanol–water partition coefficient (Wildman–Crippen LogP) is 2.50. The van der Waals surface area contributed by atoms with Crippen molar-refractivity contribution in [2.45, 2.75) is 38.8 Å². The van der Waals surface area contributed by atoms with Gasteiger partial charge in [0.2, 0.25) is 0 Å². The van der Waals surface area contributed by atoms with E-state index in [1.807, 2.05) is 16.8 Å². The lowest BCUT2D eigenvalue weighted by Gasteiger charge is -2.16. The summed E-state index contributed by atoms with van der Waals surface area (Å²) in [5, 5.41) is 3.91. The molecule has 0 spiro atoms. The number of thiophene rings is 1. The van der Waals surface area contributed by atoms with E-state index < -0.39 is 11.9 Å². The molecule has 1 fully saturated rings. The molecule has 1 aromatic rings. The van der Waals surface area contributed by atoms with Crippen molar-refractivity contribution >= 4 is 17.3 Å². The molecule has 2 rings (SSSR count). The van der Waals surface area contributed by atoms with Gasteiger partial charge in [0.05, 0.1) is 6.61 Å². The van der Waals surface area contributed by atoms with E-state index in [1.54, 1.807) is 32.1 Å². The summed E-state index contributed by atoms with van der Waals surface area (Å²) in [6, 6.07) is 1.94. The molecule has 0 unspecified atom stereocenters. The Morgan fingerprint density at radius 3 is 2.88 bits per heavy atom. The maximum absolute atomic E-state index is 11.8. The van der Waals surface area contributed by atoms with Crippen LogP contribution in [0.4, 0.5) is 0 Å². The van der Waals surface area contributed by atoms with Gasteiger partial charge in [-0.2, -0.15) is 11.3 Å². The Bertz CT molecular complexity index is 385. The standard InChI is InChI=1S/C12H16O4S/c1-4-14-11(13)10-9(8-5-6-17-7-8)15-12(2,3)16-10/h5-7,9-10H,4H2,1-3H3/t9-,10+/m0/s1. The molecular formula is C12H16O4S. The average Bonchev–Trinajstić information content (AvgIpc) is 2.84. The summed E-state index contributed by atoms with van der Waals surface area (Å²) in [5.74, 6) is -1.13. The van der Waals surface area contributed by atoms with Gasteiger partial charge in [0.1, 0.15) is 6.10 Å². The fourth-order valence-electron chi connectivity index (χ4n) is 1.84. The first-order chi connectivity index (χ1) is 8.03. The third kappa shape index (κ3) is 2.68. The Balaban J connectivity index is 2.20. The highest BCUT2D eigenvalue weighted by atomic mass is 32.1. The van der Waals surface area contributed by atoms with E-state index in [9.17, 15) is 4.79 Å². The molecule has 94 valence electrons. The maximum atomic E-state index is 11.8. The van der Waals surface area contributed by atoms with Crippen molar-refractivity contribution in [1.29, 1.82) is 0 Å². The Morgan fingerprint density at radius 1 is 1.53 bits per heavy atom. The molecule has 0 aromatic carbocycles. The van der Waals surface area contributed by atoms with Crippen LogP contribution in [0, 0.1) is 0 Å². The number of ether oxygens (including phenoxy) is 3. The number of hydrogen-bond donors (Lipinski definition) is 0. The topological polar surface area (TPSA) is 44.8 Å². The lowest BCUT2D eigenvalue weighted by Crippen LogP contribution is -2.29. The van der Waals surface area contributed by atoms with Crippen LogP contribution >= 0.6 is 11.3 Å². The van der Waals surface area contributed by atoms with Gasteiger partial charge in [-0.05, 0) is 43.2 Å². The summed E-state index contributed by atoms with van der Waals surface area (Å²) >= 11 is 1.57. The van der Waals surface area contributed by atoms with Crippen LogP contribution in [-0.4, -0.2) is 24.5 Å². The monoisotopic (exact) mass is 256 g/mol. The summed E-state index contributed by atoms with van der Waals surface area (Å²) in [7, 11) is 0. The van der Waals surface area contributed by atoms with Gasteiger partial charge in [-0.3, -0.25) is 0 Å². The molecule has 0 aliphatic carbocycles. The molecule has 1 saturated heterocycles. The fraction of sp³-hybridized carbons (Fsp3) is 0.583. The van der Waals surface area contributed by atoms with Crippen LogP contribution in [-0.2, 0) is 19.0 Å². The fourth-order valence-corrected chi connectivity index (χ4v) is 2.52. The van der Waals surface area contributed by atoms with Crippen molar-refractivity contribution in [2.75, 3.05) is 6.61 Å². The third-order valence-corrected chi connectivity index (χ3v) is 3.19. The van der Waals surface area contributed by atoms with Crippen molar-refractivity contribution in [1.82, 2.24) is 0 Å². The second kappa shape index (κ2) is 4.76. The van der Waals surface area contributed by atoms with Crippen molar-refractivity contribution in [3.63, 3.8) is 0 Å².